The van der Waals surface area contributed by atoms with Crippen LogP contribution in [-0.4, -0.2) is 56.0 Å². The number of nitrogens with zero attached hydrogens (tertiary/aromatic N) is 1. The molecular weight excluding hydrogens is 304 g/mol. The first-order chi connectivity index (χ1) is 11.6. The highest BCUT2D eigenvalue weighted by Crippen LogP contribution is 2.27. The van der Waals surface area contributed by atoms with Crippen molar-refractivity contribution in [2.75, 3.05) is 39.2 Å². The normalized spacial score (nSPS) is 19.5. The van der Waals surface area contributed by atoms with Gasteiger partial charge in [0, 0.05) is 43.0 Å². The van der Waals surface area contributed by atoms with Crippen molar-refractivity contribution in [3.05, 3.63) is 30.9 Å². The lowest BCUT2D eigenvalue weighted by atomic mass is 10.0. The molecule has 1 fully saturated rings. The first-order valence-corrected chi connectivity index (χ1v) is 8.65. The Morgan fingerprint density at radius 3 is 2.67 bits per heavy atom. The summed E-state index contributed by atoms with van der Waals surface area (Å²) < 4.78 is 10.7. The standard InChI is InChI=1S/C19H30N2O3/c1-4-5-8-17(22)14-21-9-6-7-15(13-21)20-16-10-18(23-2)12-19(11-16)24-3/h4,10-12,15,17,20,22H,1,5-9,13-14H2,2-3H3. The molecule has 1 aromatic carbocycles. The molecule has 5 nitrogen and oxygen atoms in total. The van der Waals surface area contributed by atoms with E-state index in [0.29, 0.717) is 6.04 Å². The van der Waals surface area contributed by atoms with Gasteiger partial charge in [-0.3, -0.25) is 4.90 Å². The molecule has 24 heavy (non-hydrogen) atoms. The van der Waals surface area contributed by atoms with Gasteiger partial charge in [-0.2, -0.15) is 0 Å². The van der Waals surface area contributed by atoms with Crippen LogP contribution < -0.4 is 14.8 Å². The lowest BCUT2D eigenvalue weighted by molar-refractivity contribution is 0.0926. The summed E-state index contributed by atoms with van der Waals surface area (Å²) in [6.45, 7) is 6.42. The molecule has 0 saturated carbocycles. The largest absolute Gasteiger partial charge is 0.497 e. The number of likely N-dealkylation sites (tertiary alicyclic amines) is 1. The second-order valence-corrected chi connectivity index (χ2v) is 6.36. The number of rotatable bonds is 9. The Bertz CT molecular complexity index is 499. The molecule has 1 aliphatic rings. The average Bonchev–Trinajstić information content (AvgIpc) is 2.59. The number of benzene rings is 1. The van der Waals surface area contributed by atoms with Gasteiger partial charge < -0.3 is 19.9 Å². The maximum absolute atomic E-state index is 10.1. The van der Waals surface area contributed by atoms with E-state index in [4.69, 9.17) is 9.47 Å². The molecule has 1 heterocycles. The van der Waals surface area contributed by atoms with Crippen LogP contribution in [0.3, 0.4) is 0 Å². The van der Waals surface area contributed by atoms with E-state index in [1.54, 1.807) is 14.2 Å². The molecule has 0 radical (unpaired) electrons. The lowest BCUT2D eigenvalue weighted by Crippen LogP contribution is -2.45. The number of nitrogens with one attached hydrogen (secondary N) is 1. The van der Waals surface area contributed by atoms with E-state index in [1.807, 2.05) is 24.3 Å². The monoisotopic (exact) mass is 334 g/mol. The third-order valence-corrected chi connectivity index (χ3v) is 4.40. The fraction of sp³-hybridized carbons (Fsp3) is 0.579. The summed E-state index contributed by atoms with van der Waals surface area (Å²) in [7, 11) is 3.32. The molecule has 1 saturated heterocycles. The van der Waals surface area contributed by atoms with Crippen molar-refractivity contribution < 1.29 is 14.6 Å². The first kappa shape index (κ1) is 18.6. The molecule has 0 spiro atoms. The van der Waals surface area contributed by atoms with Crippen LogP contribution >= 0.6 is 0 Å². The van der Waals surface area contributed by atoms with Crippen LogP contribution in [0.1, 0.15) is 25.7 Å². The number of anilines is 1. The van der Waals surface area contributed by atoms with Gasteiger partial charge in [-0.15, -0.1) is 6.58 Å². The maximum atomic E-state index is 10.1. The summed E-state index contributed by atoms with van der Waals surface area (Å²) in [6.07, 6.45) is 5.48. The fourth-order valence-corrected chi connectivity index (χ4v) is 3.17. The van der Waals surface area contributed by atoms with Crippen molar-refractivity contribution in [3.63, 3.8) is 0 Å². The highest BCUT2D eigenvalue weighted by Gasteiger charge is 2.21. The van der Waals surface area contributed by atoms with Gasteiger partial charge in [-0.05, 0) is 32.2 Å². The van der Waals surface area contributed by atoms with Crippen molar-refractivity contribution in [2.45, 2.75) is 37.8 Å². The molecule has 134 valence electrons. The third kappa shape index (κ3) is 5.73. The van der Waals surface area contributed by atoms with Crippen LogP contribution in [0.5, 0.6) is 11.5 Å². The zero-order valence-corrected chi connectivity index (χ0v) is 14.8. The number of methoxy groups -OCH3 is 2. The molecule has 2 N–H and O–H groups in total. The molecule has 1 aromatic rings. The Kier molecular flexibility index (Phi) is 7.40. The molecule has 0 amide bonds. The van der Waals surface area contributed by atoms with E-state index in [9.17, 15) is 5.11 Å². The van der Waals surface area contributed by atoms with Crippen LogP contribution in [-0.2, 0) is 0 Å². The van der Waals surface area contributed by atoms with Gasteiger partial charge in [0.2, 0.25) is 0 Å². The first-order valence-electron chi connectivity index (χ1n) is 8.65. The van der Waals surface area contributed by atoms with Crippen LogP contribution in [0.2, 0.25) is 0 Å². The summed E-state index contributed by atoms with van der Waals surface area (Å²) in [5.41, 5.74) is 1.00. The zero-order valence-electron chi connectivity index (χ0n) is 14.8. The quantitative estimate of drug-likeness (QED) is 0.680. The second kappa shape index (κ2) is 9.55. The van der Waals surface area contributed by atoms with Crippen molar-refractivity contribution in [1.82, 2.24) is 4.90 Å². The Morgan fingerprint density at radius 1 is 1.33 bits per heavy atom. The number of hydrogen-bond donors (Lipinski definition) is 2. The fourth-order valence-electron chi connectivity index (χ4n) is 3.17. The van der Waals surface area contributed by atoms with Gasteiger partial charge in [0.25, 0.3) is 0 Å². The van der Waals surface area contributed by atoms with Crippen molar-refractivity contribution in [1.29, 1.82) is 0 Å². The summed E-state index contributed by atoms with van der Waals surface area (Å²) in [5, 5.41) is 13.7. The van der Waals surface area contributed by atoms with Gasteiger partial charge in [0.1, 0.15) is 11.5 Å². The molecule has 0 aromatic heterocycles. The van der Waals surface area contributed by atoms with Gasteiger partial charge in [0.05, 0.1) is 20.3 Å². The second-order valence-electron chi connectivity index (χ2n) is 6.36. The number of allylic oxidation sites excluding steroid dienone is 1. The van der Waals surface area contributed by atoms with Crippen LogP contribution in [0.25, 0.3) is 0 Å². The summed E-state index contributed by atoms with van der Waals surface area (Å²) in [4.78, 5) is 2.34. The van der Waals surface area contributed by atoms with Crippen LogP contribution in [0.4, 0.5) is 5.69 Å². The Balaban J connectivity index is 1.91. The van der Waals surface area contributed by atoms with Gasteiger partial charge in [-0.25, -0.2) is 0 Å². The summed E-state index contributed by atoms with van der Waals surface area (Å²) in [6, 6.07) is 6.21. The van der Waals surface area contributed by atoms with Crippen molar-refractivity contribution in [3.8, 4) is 11.5 Å². The molecular formula is C19H30N2O3. The smallest absolute Gasteiger partial charge is 0.124 e. The van der Waals surface area contributed by atoms with Gasteiger partial charge >= 0.3 is 0 Å². The molecule has 2 unspecified atom stereocenters. The van der Waals surface area contributed by atoms with E-state index in [0.717, 1.165) is 62.5 Å². The topological polar surface area (TPSA) is 54.0 Å². The van der Waals surface area contributed by atoms with E-state index in [1.165, 1.54) is 0 Å². The van der Waals surface area contributed by atoms with Gasteiger partial charge in [-0.1, -0.05) is 6.08 Å². The highest BCUT2D eigenvalue weighted by atomic mass is 16.5. The maximum Gasteiger partial charge on any atom is 0.124 e. The van der Waals surface area contributed by atoms with E-state index >= 15 is 0 Å². The number of aliphatic hydroxyl groups is 1. The Morgan fingerprint density at radius 2 is 2.04 bits per heavy atom. The molecule has 5 heteroatoms. The molecule has 2 atom stereocenters. The van der Waals surface area contributed by atoms with E-state index < -0.39 is 0 Å². The van der Waals surface area contributed by atoms with Gasteiger partial charge in [0.15, 0.2) is 0 Å². The summed E-state index contributed by atoms with van der Waals surface area (Å²) >= 11 is 0. The molecule has 1 aliphatic heterocycles. The SMILES string of the molecule is C=CCCC(O)CN1CCCC(Nc2cc(OC)cc(OC)c2)C1. The minimum atomic E-state index is -0.279. The van der Waals surface area contributed by atoms with Crippen molar-refractivity contribution >= 4 is 5.69 Å². The number of β-amino-alcohol motifs (C(OH)–C–C–N with tert-alkyl or cyclic N) is 1. The van der Waals surface area contributed by atoms with Crippen LogP contribution in [0, 0.1) is 0 Å². The van der Waals surface area contributed by atoms with E-state index in [2.05, 4.69) is 16.8 Å². The minimum Gasteiger partial charge on any atom is -0.497 e. The molecule has 0 bridgehead atoms. The highest BCUT2D eigenvalue weighted by molar-refractivity contribution is 5.54. The average molecular weight is 334 g/mol. The van der Waals surface area contributed by atoms with Crippen molar-refractivity contribution in [2.24, 2.45) is 0 Å². The predicted octanol–water partition coefficient (Wildman–Crippen LogP) is 2.91. The third-order valence-electron chi connectivity index (χ3n) is 4.40. The minimum absolute atomic E-state index is 0.279. The molecule has 0 aliphatic carbocycles. The number of piperidine rings is 1. The Labute approximate surface area is 145 Å². The number of ether oxygens (including phenoxy) is 2. The number of hydrogen-bond acceptors (Lipinski definition) is 5. The predicted molar refractivity (Wildman–Crippen MR) is 98.1 cm³/mol. The van der Waals surface area contributed by atoms with E-state index in [-0.39, 0.29) is 6.10 Å². The lowest BCUT2D eigenvalue weighted by Gasteiger charge is -2.34. The molecule has 2 rings (SSSR count). The summed E-state index contributed by atoms with van der Waals surface area (Å²) in [5.74, 6) is 1.56. The van der Waals surface area contributed by atoms with Crippen LogP contribution in [0.15, 0.2) is 30.9 Å². The Hall–Kier alpha value is -1.72. The zero-order chi connectivity index (χ0) is 17.4. The number of aliphatic hydroxyl groups excluding tert-OH is 1.